The van der Waals surface area contributed by atoms with Gasteiger partial charge in [-0.1, -0.05) is 0 Å². The Morgan fingerprint density at radius 3 is 2.69 bits per heavy atom. The van der Waals surface area contributed by atoms with Crippen LogP contribution in [0.25, 0.3) is 0 Å². The largest absolute Gasteiger partial charge is 0.398 e. The van der Waals surface area contributed by atoms with Crippen LogP contribution in [0, 0.1) is 0 Å². The Balaban J connectivity index is 3.25. The summed E-state index contributed by atoms with van der Waals surface area (Å²) in [6.45, 7) is -0.406. The number of hydrogen-bond donors (Lipinski definition) is 2. The molecule has 1 aromatic rings. The van der Waals surface area contributed by atoms with Crippen molar-refractivity contribution in [3.63, 3.8) is 0 Å². The van der Waals surface area contributed by atoms with Crippen LogP contribution in [0.4, 0.5) is 14.5 Å². The van der Waals surface area contributed by atoms with Crippen molar-refractivity contribution in [2.75, 3.05) is 5.73 Å². The highest BCUT2D eigenvalue weighted by Crippen LogP contribution is 2.30. The molecule has 0 saturated carbocycles. The van der Waals surface area contributed by atoms with E-state index in [-0.39, 0.29) is 15.9 Å². The number of alkyl halides is 2. The highest BCUT2D eigenvalue weighted by molar-refractivity contribution is 9.10. The smallest absolute Gasteiger partial charge is 0.281 e. The van der Waals surface area contributed by atoms with E-state index < -0.39 is 18.7 Å². The average molecular weight is 253 g/mol. The Labute approximate surface area is 81.7 Å². The molecule has 0 aromatic carbocycles. The Hall–Kier alpha value is -0.750. The van der Waals surface area contributed by atoms with Crippen molar-refractivity contribution in [2.45, 2.75) is 13.0 Å². The number of nitrogens with two attached hydrogens (primary N) is 1. The van der Waals surface area contributed by atoms with Gasteiger partial charge in [0, 0.05) is 5.69 Å². The van der Waals surface area contributed by atoms with E-state index in [1.807, 2.05) is 0 Å². The number of halogens is 3. The van der Waals surface area contributed by atoms with Crippen LogP contribution < -0.4 is 5.73 Å². The van der Waals surface area contributed by atoms with Crippen LogP contribution in [0.15, 0.2) is 10.5 Å². The van der Waals surface area contributed by atoms with Gasteiger partial charge in [-0.15, -0.1) is 0 Å². The van der Waals surface area contributed by atoms with Crippen molar-refractivity contribution in [1.82, 2.24) is 4.98 Å². The third-order valence-corrected chi connectivity index (χ3v) is 2.30. The summed E-state index contributed by atoms with van der Waals surface area (Å²) in [4.78, 5) is 3.52. The molecular formula is C7H7BrF2N2O. The first-order valence-electron chi connectivity index (χ1n) is 3.40. The molecule has 0 bridgehead atoms. The number of anilines is 1. The van der Waals surface area contributed by atoms with Gasteiger partial charge in [-0.25, -0.2) is 13.8 Å². The lowest BCUT2D eigenvalue weighted by molar-refractivity contribution is 0.144. The number of aliphatic hydroxyl groups is 1. The molecule has 3 nitrogen and oxygen atoms in total. The first-order valence-corrected chi connectivity index (χ1v) is 4.19. The molecule has 0 saturated heterocycles. The number of pyridine rings is 1. The molecule has 0 spiro atoms. The van der Waals surface area contributed by atoms with Gasteiger partial charge < -0.3 is 10.8 Å². The second-order valence-corrected chi connectivity index (χ2v) is 3.15. The number of nitrogens with zero attached hydrogens (tertiary/aromatic N) is 1. The molecular weight excluding hydrogens is 246 g/mol. The van der Waals surface area contributed by atoms with Gasteiger partial charge in [-0.05, 0) is 22.0 Å². The van der Waals surface area contributed by atoms with Gasteiger partial charge in [0.2, 0.25) is 0 Å². The highest BCUT2D eigenvalue weighted by Gasteiger charge is 2.16. The molecule has 0 aliphatic carbocycles. The average Bonchev–Trinajstić information content (AvgIpc) is 2.09. The summed E-state index contributed by atoms with van der Waals surface area (Å²) in [6.07, 6.45) is -2.71. The monoisotopic (exact) mass is 252 g/mol. The summed E-state index contributed by atoms with van der Waals surface area (Å²) in [5, 5.41) is 8.68. The fourth-order valence-corrected chi connectivity index (χ4v) is 1.23. The topological polar surface area (TPSA) is 59.1 Å². The second-order valence-electron chi connectivity index (χ2n) is 2.36. The summed E-state index contributed by atoms with van der Waals surface area (Å²) in [6, 6.07) is 1.34. The molecule has 6 heteroatoms. The van der Waals surface area contributed by atoms with Crippen molar-refractivity contribution >= 4 is 21.6 Å². The normalized spacial score (nSPS) is 10.8. The van der Waals surface area contributed by atoms with Gasteiger partial charge in [0.05, 0.1) is 16.8 Å². The summed E-state index contributed by atoms with van der Waals surface area (Å²) < 4.78 is 24.7. The zero-order chi connectivity index (χ0) is 10.0. The fourth-order valence-electron chi connectivity index (χ4n) is 0.852. The van der Waals surface area contributed by atoms with E-state index in [1.54, 1.807) is 0 Å². The number of rotatable bonds is 2. The lowest BCUT2D eigenvalue weighted by Gasteiger charge is -2.07. The quantitative estimate of drug-likeness (QED) is 0.845. The lowest BCUT2D eigenvalue weighted by atomic mass is 10.2. The Morgan fingerprint density at radius 2 is 2.23 bits per heavy atom. The van der Waals surface area contributed by atoms with E-state index in [1.165, 1.54) is 6.07 Å². The van der Waals surface area contributed by atoms with E-state index >= 15 is 0 Å². The summed E-state index contributed by atoms with van der Waals surface area (Å²) in [5.74, 6) is 0. The van der Waals surface area contributed by atoms with E-state index in [0.717, 1.165) is 0 Å². The van der Waals surface area contributed by atoms with Gasteiger partial charge >= 0.3 is 0 Å². The van der Waals surface area contributed by atoms with Gasteiger partial charge in [0.1, 0.15) is 5.69 Å². The molecule has 1 rings (SSSR count). The first-order chi connectivity index (χ1) is 6.06. The Morgan fingerprint density at radius 1 is 1.62 bits per heavy atom. The van der Waals surface area contributed by atoms with Crippen LogP contribution in [0.3, 0.4) is 0 Å². The number of nitrogen functional groups attached to an aromatic ring is 1. The molecule has 0 fully saturated rings. The minimum absolute atomic E-state index is 0.0831. The highest BCUT2D eigenvalue weighted by atomic mass is 79.9. The molecule has 0 atom stereocenters. The molecule has 0 radical (unpaired) electrons. The molecule has 1 heterocycles. The molecule has 0 aliphatic heterocycles. The molecule has 0 amide bonds. The van der Waals surface area contributed by atoms with Crippen molar-refractivity contribution in [1.29, 1.82) is 0 Å². The summed E-state index contributed by atoms with van der Waals surface area (Å²) >= 11 is 2.89. The fraction of sp³-hybridized carbons (Fsp3) is 0.286. The Kier molecular flexibility index (Phi) is 3.16. The predicted molar refractivity (Wildman–Crippen MR) is 47.2 cm³/mol. The van der Waals surface area contributed by atoms with E-state index in [4.69, 9.17) is 10.8 Å². The van der Waals surface area contributed by atoms with Crippen molar-refractivity contribution in [2.24, 2.45) is 0 Å². The van der Waals surface area contributed by atoms with Crippen LogP contribution in [0.1, 0.15) is 17.8 Å². The number of aromatic nitrogens is 1. The van der Waals surface area contributed by atoms with Gasteiger partial charge in [0.15, 0.2) is 0 Å². The van der Waals surface area contributed by atoms with Crippen molar-refractivity contribution in [3.8, 4) is 0 Å². The van der Waals surface area contributed by atoms with E-state index in [9.17, 15) is 8.78 Å². The van der Waals surface area contributed by atoms with E-state index in [0.29, 0.717) is 0 Å². The maximum Gasteiger partial charge on any atom is 0.281 e. The maximum atomic E-state index is 12.3. The number of hydrogen-bond acceptors (Lipinski definition) is 3. The minimum Gasteiger partial charge on any atom is -0.398 e. The SMILES string of the molecule is Nc1cc(CO)nc(C(F)F)c1Br. The van der Waals surface area contributed by atoms with Crippen LogP contribution in [-0.2, 0) is 6.61 Å². The second kappa shape index (κ2) is 3.97. The van der Waals surface area contributed by atoms with Crippen LogP contribution in [-0.4, -0.2) is 10.1 Å². The van der Waals surface area contributed by atoms with E-state index in [2.05, 4.69) is 20.9 Å². The van der Waals surface area contributed by atoms with Gasteiger partial charge in [-0.2, -0.15) is 0 Å². The molecule has 0 unspecified atom stereocenters. The van der Waals surface area contributed by atoms with Crippen LogP contribution in [0.5, 0.6) is 0 Å². The predicted octanol–water partition coefficient (Wildman–Crippen LogP) is 1.86. The number of aliphatic hydroxyl groups excluding tert-OH is 1. The zero-order valence-electron chi connectivity index (χ0n) is 6.47. The first kappa shape index (κ1) is 10.3. The van der Waals surface area contributed by atoms with Crippen molar-refractivity contribution in [3.05, 3.63) is 21.9 Å². The zero-order valence-corrected chi connectivity index (χ0v) is 8.05. The van der Waals surface area contributed by atoms with Crippen LogP contribution in [0.2, 0.25) is 0 Å². The molecule has 1 aromatic heterocycles. The Bertz CT molecular complexity index is 320. The van der Waals surface area contributed by atoms with Crippen LogP contribution >= 0.6 is 15.9 Å². The molecule has 72 valence electrons. The molecule has 0 aliphatic rings. The van der Waals surface area contributed by atoms with Gasteiger partial charge in [0.25, 0.3) is 6.43 Å². The third kappa shape index (κ3) is 2.13. The van der Waals surface area contributed by atoms with Gasteiger partial charge in [-0.3, -0.25) is 0 Å². The molecule has 3 N–H and O–H groups in total. The molecule has 13 heavy (non-hydrogen) atoms. The summed E-state index contributed by atoms with van der Waals surface area (Å²) in [7, 11) is 0. The lowest BCUT2D eigenvalue weighted by Crippen LogP contribution is -2.01. The summed E-state index contributed by atoms with van der Waals surface area (Å²) in [5.41, 5.74) is 5.25. The third-order valence-electron chi connectivity index (χ3n) is 1.43. The standard InChI is InChI=1S/C7H7BrF2N2O/c8-5-4(11)1-3(2-13)12-6(5)7(9)10/h1,7,13H,2H2,(H2,11,12). The van der Waals surface area contributed by atoms with Crippen molar-refractivity contribution < 1.29 is 13.9 Å². The minimum atomic E-state index is -2.71. The maximum absolute atomic E-state index is 12.3.